The fourth-order valence-electron chi connectivity index (χ4n) is 2.33. The molecule has 2 aromatic carbocycles. The molecule has 0 heterocycles. The number of ether oxygens (including phenoxy) is 3. The van der Waals surface area contributed by atoms with Gasteiger partial charge in [-0.2, -0.15) is 0 Å². The highest BCUT2D eigenvalue weighted by Gasteiger charge is 2.14. The summed E-state index contributed by atoms with van der Waals surface area (Å²) in [4.78, 5) is 24.8. The summed E-state index contributed by atoms with van der Waals surface area (Å²) in [5.41, 5.74) is 5.61. The number of para-hydroxylation sites is 1. The second-order valence-corrected chi connectivity index (χ2v) is 7.02. The van der Waals surface area contributed by atoms with Gasteiger partial charge in [0.25, 0.3) is 11.8 Å². The highest BCUT2D eigenvalue weighted by atomic mass is 79.9. The number of hydrazine groups is 1. The lowest BCUT2D eigenvalue weighted by Crippen LogP contribution is -2.48. The normalized spacial score (nSPS) is 10.1. The Labute approximate surface area is 188 Å². The predicted molar refractivity (Wildman–Crippen MR) is 120 cm³/mol. The van der Waals surface area contributed by atoms with Crippen molar-refractivity contribution in [2.45, 2.75) is 6.92 Å². The Morgan fingerprint density at radius 1 is 1.03 bits per heavy atom. The van der Waals surface area contributed by atoms with Gasteiger partial charge in [0, 0.05) is 12.2 Å². The summed E-state index contributed by atoms with van der Waals surface area (Å²) in [5, 5.41) is 2.44. The van der Waals surface area contributed by atoms with Crippen molar-refractivity contribution >= 4 is 45.1 Å². The number of hydrogen-bond acceptors (Lipinski definition) is 6. The molecule has 0 spiro atoms. The van der Waals surface area contributed by atoms with Crippen LogP contribution < -0.4 is 25.6 Å². The van der Waals surface area contributed by atoms with Crippen LogP contribution in [0.5, 0.6) is 11.5 Å². The van der Waals surface area contributed by atoms with Gasteiger partial charge in [-0.05, 0) is 65.4 Å². The Morgan fingerprint density at radius 2 is 1.80 bits per heavy atom. The van der Waals surface area contributed by atoms with Crippen molar-refractivity contribution in [1.29, 1.82) is 0 Å². The molecule has 0 fully saturated rings. The zero-order valence-corrected chi connectivity index (χ0v) is 18.9. The van der Waals surface area contributed by atoms with E-state index in [2.05, 4.69) is 32.1 Å². The van der Waals surface area contributed by atoms with E-state index in [0.717, 1.165) is 0 Å². The van der Waals surface area contributed by atoms with Gasteiger partial charge in [0.15, 0.2) is 5.11 Å². The quantitative estimate of drug-likeness (QED) is 0.294. The summed E-state index contributed by atoms with van der Waals surface area (Å²) < 4.78 is 16.6. The van der Waals surface area contributed by atoms with Crippen LogP contribution >= 0.6 is 28.1 Å². The van der Waals surface area contributed by atoms with Crippen molar-refractivity contribution in [2.24, 2.45) is 0 Å². The zero-order valence-electron chi connectivity index (χ0n) is 16.5. The minimum atomic E-state index is -0.471. The van der Waals surface area contributed by atoms with E-state index in [-0.39, 0.29) is 5.11 Å². The molecule has 2 amide bonds. The average Bonchev–Trinajstić information content (AvgIpc) is 2.75. The molecule has 0 aliphatic heterocycles. The molecule has 0 saturated carbocycles. The topological polar surface area (TPSA) is 97.9 Å². The molecule has 2 aromatic rings. The van der Waals surface area contributed by atoms with Gasteiger partial charge in [-0.1, -0.05) is 12.1 Å². The highest BCUT2D eigenvalue weighted by Crippen LogP contribution is 2.25. The van der Waals surface area contributed by atoms with Crippen molar-refractivity contribution in [3.8, 4) is 11.5 Å². The molecule has 8 nitrogen and oxygen atoms in total. The lowest BCUT2D eigenvalue weighted by molar-refractivity contribution is 0.0930. The Kier molecular flexibility index (Phi) is 9.52. The van der Waals surface area contributed by atoms with Crippen molar-refractivity contribution < 1.29 is 23.8 Å². The number of carbonyl (C=O) groups excluding carboxylic acids is 2. The monoisotopic (exact) mass is 495 g/mol. The van der Waals surface area contributed by atoms with Crippen molar-refractivity contribution in [2.75, 3.05) is 26.9 Å². The lowest BCUT2D eigenvalue weighted by atomic mass is 10.2. The van der Waals surface area contributed by atoms with Gasteiger partial charge in [-0.25, -0.2) is 0 Å². The molecule has 2 rings (SSSR count). The van der Waals surface area contributed by atoms with E-state index < -0.39 is 11.8 Å². The first kappa shape index (κ1) is 23.6. The lowest BCUT2D eigenvalue weighted by Gasteiger charge is -2.14. The number of thiocarbonyl (C=S) groups is 1. The Hall–Kier alpha value is -2.69. The highest BCUT2D eigenvalue weighted by molar-refractivity contribution is 9.10. The van der Waals surface area contributed by atoms with Crippen molar-refractivity contribution in [3.05, 3.63) is 58.1 Å². The number of halogens is 1. The smallest absolute Gasteiger partial charge is 0.269 e. The molecule has 3 N–H and O–H groups in total. The summed E-state index contributed by atoms with van der Waals surface area (Å²) in [7, 11) is 1.53. The molecule has 0 atom stereocenters. The number of hydrogen-bond donors (Lipinski definition) is 3. The van der Waals surface area contributed by atoms with E-state index in [9.17, 15) is 9.59 Å². The summed E-state index contributed by atoms with van der Waals surface area (Å²) in [6, 6.07) is 11.6. The van der Waals surface area contributed by atoms with Crippen LogP contribution in [0.25, 0.3) is 0 Å². The van der Waals surface area contributed by atoms with E-state index in [1.54, 1.807) is 42.5 Å². The van der Waals surface area contributed by atoms with Crippen LogP contribution in [-0.4, -0.2) is 43.9 Å². The van der Waals surface area contributed by atoms with Crippen molar-refractivity contribution in [1.82, 2.24) is 16.2 Å². The molecular weight excluding hydrogens is 474 g/mol. The number of carbonyl (C=O) groups is 2. The Bertz CT molecular complexity index is 910. The van der Waals surface area contributed by atoms with Gasteiger partial charge in [0.1, 0.15) is 18.1 Å². The number of rotatable bonds is 8. The molecule has 0 bridgehead atoms. The fourth-order valence-corrected chi connectivity index (χ4v) is 3.01. The van der Waals surface area contributed by atoms with E-state index in [4.69, 9.17) is 26.4 Å². The van der Waals surface area contributed by atoms with E-state index in [1.165, 1.54) is 7.11 Å². The van der Waals surface area contributed by atoms with Crippen molar-refractivity contribution in [3.63, 3.8) is 0 Å². The average molecular weight is 496 g/mol. The van der Waals surface area contributed by atoms with Crippen LogP contribution in [-0.2, 0) is 4.74 Å². The predicted octanol–water partition coefficient (Wildman–Crippen LogP) is 2.82. The number of methoxy groups -OCH3 is 1. The molecule has 0 aromatic heterocycles. The van der Waals surface area contributed by atoms with E-state index in [0.29, 0.717) is 46.9 Å². The molecular formula is C20H22BrN3O5S. The third-order valence-corrected chi connectivity index (χ3v) is 4.58. The molecule has 0 aliphatic carbocycles. The van der Waals surface area contributed by atoms with Crippen LogP contribution in [0.15, 0.2) is 46.9 Å². The zero-order chi connectivity index (χ0) is 21.9. The summed E-state index contributed by atoms with van der Waals surface area (Å²) >= 11 is 8.40. The van der Waals surface area contributed by atoms with Crippen LogP contribution in [0.3, 0.4) is 0 Å². The van der Waals surface area contributed by atoms with Gasteiger partial charge in [-0.15, -0.1) is 0 Å². The minimum absolute atomic E-state index is 0.0648. The Morgan fingerprint density at radius 3 is 2.50 bits per heavy atom. The van der Waals surface area contributed by atoms with Gasteiger partial charge in [0.2, 0.25) is 0 Å². The minimum Gasteiger partial charge on any atom is -0.496 e. The third kappa shape index (κ3) is 6.97. The van der Waals surface area contributed by atoms with E-state index in [1.807, 2.05) is 6.92 Å². The third-order valence-electron chi connectivity index (χ3n) is 3.75. The maximum atomic E-state index is 12.5. The largest absolute Gasteiger partial charge is 0.496 e. The van der Waals surface area contributed by atoms with E-state index >= 15 is 0 Å². The molecule has 160 valence electrons. The van der Waals surface area contributed by atoms with Gasteiger partial charge in [0.05, 0.1) is 23.8 Å². The standard InChI is InChI=1S/C20H22BrN3O5S/c1-3-28-10-11-29-16-7-5-4-6-14(16)19(26)22-20(30)24-23-18(25)13-8-9-17(27-2)15(21)12-13/h4-9,12H,3,10-11H2,1-2H3,(H,23,25)(H2,22,24,26,30). The van der Waals surface area contributed by atoms with Gasteiger partial charge < -0.3 is 14.2 Å². The van der Waals surface area contributed by atoms with Gasteiger partial charge in [-0.3, -0.25) is 25.8 Å². The summed E-state index contributed by atoms with van der Waals surface area (Å²) in [6.07, 6.45) is 0. The Balaban J connectivity index is 1.90. The molecule has 0 radical (unpaired) electrons. The van der Waals surface area contributed by atoms with Crippen LogP contribution in [0.4, 0.5) is 0 Å². The first-order chi connectivity index (χ1) is 14.5. The molecule has 0 saturated heterocycles. The molecule has 0 aliphatic rings. The van der Waals surface area contributed by atoms with Crippen LogP contribution in [0.1, 0.15) is 27.6 Å². The maximum Gasteiger partial charge on any atom is 0.269 e. The summed E-state index contributed by atoms with van der Waals surface area (Å²) in [5.74, 6) is 0.101. The first-order valence-corrected chi connectivity index (χ1v) is 10.2. The second-order valence-electron chi connectivity index (χ2n) is 5.75. The fraction of sp³-hybridized carbons (Fsp3) is 0.250. The van der Waals surface area contributed by atoms with Crippen LogP contribution in [0.2, 0.25) is 0 Å². The number of benzene rings is 2. The SMILES string of the molecule is CCOCCOc1ccccc1C(=O)NC(=S)NNC(=O)c1ccc(OC)c(Br)c1. The molecule has 0 unspecified atom stereocenters. The number of amides is 2. The molecule has 10 heteroatoms. The maximum absolute atomic E-state index is 12.5. The first-order valence-electron chi connectivity index (χ1n) is 9.01. The van der Waals surface area contributed by atoms with Crippen LogP contribution in [0, 0.1) is 0 Å². The van der Waals surface area contributed by atoms with Gasteiger partial charge >= 0.3 is 0 Å². The summed E-state index contributed by atoms with van der Waals surface area (Å²) in [6.45, 7) is 3.21. The number of nitrogens with one attached hydrogen (secondary N) is 3. The molecule has 30 heavy (non-hydrogen) atoms. The second kappa shape index (κ2) is 12.1.